The Morgan fingerprint density at radius 2 is 1.50 bits per heavy atom. The van der Waals surface area contributed by atoms with Crippen molar-refractivity contribution >= 4 is 11.6 Å². The van der Waals surface area contributed by atoms with Gasteiger partial charge in [-0.3, -0.25) is 0 Å². The molecule has 4 fully saturated rings. The van der Waals surface area contributed by atoms with Gasteiger partial charge in [-0.1, -0.05) is 29.8 Å². The van der Waals surface area contributed by atoms with Crippen LogP contribution < -0.4 is 0 Å². The van der Waals surface area contributed by atoms with E-state index in [0.717, 1.165) is 36.0 Å². The summed E-state index contributed by atoms with van der Waals surface area (Å²) in [5, 5.41) is 0.354. The smallest absolute Gasteiger partial charge is 0.0409 e. The van der Waals surface area contributed by atoms with E-state index in [0.29, 0.717) is 5.38 Å². The molecule has 0 nitrogen and oxygen atoms in total. The summed E-state index contributed by atoms with van der Waals surface area (Å²) in [7, 11) is 0. The molecule has 1 unspecified atom stereocenters. The van der Waals surface area contributed by atoms with Gasteiger partial charge in [-0.25, -0.2) is 0 Å². The number of benzene rings is 1. The maximum Gasteiger partial charge on any atom is 0.0409 e. The number of hydrogen-bond acceptors (Lipinski definition) is 0. The molecule has 0 saturated heterocycles. The summed E-state index contributed by atoms with van der Waals surface area (Å²) in [5.74, 6) is 4.79. The van der Waals surface area contributed by atoms with Gasteiger partial charge in [0.1, 0.15) is 0 Å². The van der Waals surface area contributed by atoms with Crippen LogP contribution in [0.1, 0.15) is 43.2 Å². The summed E-state index contributed by atoms with van der Waals surface area (Å²) in [6.45, 7) is 2.15. The molecule has 1 heteroatoms. The fourth-order valence-corrected chi connectivity index (χ4v) is 6.23. The van der Waals surface area contributed by atoms with Crippen LogP contribution in [-0.2, 0) is 6.42 Å². The first-order valence-corrected chi connectivity index (χ1v) is 8.82. The molecule has 0 N–H and O–H groups in total. The molecule has 0 radical (unpaired) electrons. The van der Waals surface area contributed by atoms with E-state index in [1.165, 1.54) is 43.2 Å². The molecule has 1 atom stereocenters. The lowest BCUT2D eigenvalue weighted by Gasteiger charge is -2.55. The molecule has 108 valence electrons. The zero-order chi connectivity index (χ0) is 13.7. The van der Waals surface area contributed by atoms with Gasteiger partial charge in [0.05, 0.1) is 0 Å². The van der Waals surface area contributed by atoms with Crippen LogP contribution in [0, 0.1) is 36.5 Å². The van der Waals surface area contributed by atoms with Crippen LogP contribution in [-0.4, -0.2) is 5.38 Å². The van der Waals surface area contributed by atoms with Gasteiger partial charge in [0.25, 0.3) is 0 Å². The van der Waals surface area contributed by atoms with Crippen LogP contribution in [0.5, 0.6) is 0 Å². The van der Waals surface area contributed by atoms with Crippen molar-refractivity contribution in [2.45, 2.75) is 50.8 Å². The first-order chi connectivity index (χ1) is 9.69. The molecule has 1 aromatic rings. The summed E-state index contributed by atoms with van der Waals surface area (Å²) in [4.78, 5) is 0. The molecule has 4 aliphatic carbocycles. The zero-order valence-electron chi connectivity index (χ0n) is 12.4. The van der Waals surface area contributed by atoms with Crippen LogP contribution in [0.3, 0.4) is 0 Å². The van der Waals surface area contributed by atoms with Crippen molar-refractivity contribution in [2.75, 3.05) is 0 Å². The summed E-state index contributed by atoms with van der Waals surface area (Å²) < 4.78 is 0. The molecular formula is C19H25Cl. The summed E-state index contributed by atoms with van der Waals surface area (Å²) in [5.41, 5.74) is 2.76. The highest BCUT2D eigenvalue weighted by atomic mass is 35.5. The van der Waals surface area contributed by atoms with Crippen molar-refractivity contribution in [3.05, 3.63) is 35.4 Å². The molecule has 4 bridgehead atoms. The number of halogens is 1. The van der Waals surface area contributed by atoms with Crippen LogP contribution >= 0.6 is 11.6 Å². The van der Waals surface area contributed by atoms with Crippen LogP contribution in [0.2, 0.25) is 0 Å². The number of hydrogen-bond donors (Lipinski definition) is 0. The summed E-state index contributed by atoms with van der Waals surface area (Å²) in [6.07, 6.45) is 8.52. The van der Waals surface area contributed by atoms with E-state index >= 15 is 0 Å². The van der Waals surface area contributed by atoms with E-state index in [2.05, 4.69) is 31.2 Å². The highest BCUT2D eigenvalue weighted by molar-refractivity contribution is 6.21. The third-order valence-electron chi connectivity index (χ3n) is 6.27. The normalized spacial score (nSPS) is 40.0. The number of aryl methyl sites for hydroxylation is 1. The van der Waals surface area contributed by atoms with E-state index in [-0.39, 0.29) is 0 Å². The molecule has 5 rings (SSSR count). The van der Waals surface area contributed by atoms with Gasteiger partial charge in [0.2, 0.25) is 0 Å². The number of rotatable bonds is 3. The minimum atomic E-state index is 0.354. The van der Waals surface area contributed by atoms with E-state index in [9.17, 15) is 0 Å². The molecule has 0 heterocycles. The lowest BCUT2D eigenvalue weighted by Crippen LogP contribution is -2.48. The van der Waals surface area contributed by atoms with Crippen LogP contribution in [0.25, 0.3) is 0 Å². The predicted molar refractivity (Wildman–Crippen MR) is 85.1 cm³/mol. The molecular weight excluding hydrogens is 264 g/mol. The van der Waals surface area contributed by atoms with Crippen LogP contribution in [0.4, 0.5) is 0 Å². The molecule has 0 spiro atoms. The predicted octanol–water partition coefficient (Wildman–Crippen LogP) is 5.22. The van der Waals surface area contributed by atoms with E-state index in [4.69, 9.17) is 11.6 Å². The monoisotopic (exact) mass is 288 g/mol. The average Bonchev–Trinajstić information content (AvgIpc) is 2.40. The fraction of sp³-hybridized carbons (Fsp3) is 0.684. The van der Waals surface area contributed by atoms with E-state index < -0.39 is 0 Å². The second kappa shape index (κ2) is 5.05. The Hall–Kier alpha value is -0.490. The fourth-order valence-electron chi connectivity index (χ4n) is 5.64. The summed E-state index contributed by atoms with van der Waals surface area (Å²) >= 11 is 6.90. The minimum absolute atomic E-state index is 0.354. The molecule has 0 aliphatic heterocycles. The van der Waals surface area contributed by atoms with Crippen molar-refractivity contribution in [1.82, 2.24) is 0 Å². The Kier molecular flexibility index (Phi) is 3.33. The van der Waals surface area contributed by atoms with Crippen molar-refractivity contribution in [3.63, 3.8) is 0 Å². The lowest BCUT2D eigenvalue weighted by molar-refractivity contribution is -0.0376. The van der Waals surface area contributed by atoms with Gasteiger partial charge in [-0.05, 0) is 80.6 Å². The highest BCUT2D eigenvalue weighted by Crippen LogP contribution is 2.58. The minimum Gasteiger partial charge on any atom is -0.122 e. The maximum atomic E-state index is 6.90. The van der Waals surface area contributed by atoms with Gasteiger partial charge >= 0.3 is 0 Å². The van der Waals surface area contributed by atoms with Gasteiger partial charge in [0.15, 0.2) is 0 Å². The zero-order valence-corrected chi connectivity index (χ0v) is 13.2. The Labute approximate surface area is 127 Å². The largest absolute Gasteiger partial charge is 0.122 e. The van der Waals surface area contributed by atoms with Crippen molar-refractivity contribution in [1.29, 1.82) is 0 Å². The standard InChI is InChI=1S/C19H25Cl/c1-12-2-4-13(5-3-12)11-18(20)19-16-7-14-6-15(9-16)10-17(19)8-14/h2-5,14-19H,6-11H2,1H3. The maximum absolute atomic E-state index is 6.90. The molecule has 4 saturated carbocycles. The van der Waals surface area contributed by atoms with E-state index in [1.54, 1.807) is 0 Å². The van der Waals surface area contributed by atoms with Crippen molar-refractivity contribution < 1.29 is 0 Å². The van der Waals surface area contributed by atoms with Crippen molar-refractivity contribution in [2.24, 2.45) is 29.6 Å². The molecule has 1 aromatic carbocycles. The molecule has 0 aromatic heterocycles. The Bertz CT molecular complexity index is 447. The van der Waals surface area contributed by atoms with E-state index in [1.807, 2.05) is 0 Å². The van der Waals surface area contributed by atoms with Crippen molar-refractivity contribution in [3.8, 4) is 0 Å². The van der Waals surface area contributed by atoms with Gasteiger partial charge in [-0.15, -0.1) is 11.6 Å². The molecule has 4 aliphatic rings. The Balaban J connectivity index is 1.48. The third kappa shape index (κ3) is 2.30. The second-order valence-electron chi connectivity index (χ2n) is 7.71. The number of alkyl halides is 1. The highest BCUT2D eigenvalue weighted by Gasteiger charge is 2.50. The SMILES string of the molecule is Cc1ccc(CC(Cl)C2C3CC4CC(C3)CC2C4)cc1. The second-order valence-corrected chi connectivity index (χ2v) is 8.27. The molecule has 0 amide bonds. The summed E-state index contributed by atoms with van der Waals surface area (Å²) in [6, 6.07) is 8.97. The van der Waals surface area contributed by atoms with Gasteiger partial charge < -0.3 is 0 Å². The van der Waals surface area contributed by atoms with Gasteiger partial charge in [0, 0.05) is 5.38 Å². The first-order valence-electron chi connectivity index (χ1n) is 8.38. The molecule has 20 heavy (non-hydrogen) atoms. The lowest BCUT2D eigenvalue weighted by atomic mass is 9.51. The average molecular weight is 289 g/mol. The Morgan fingerprint density at radius 1 is 0.950 bits per heavy atom. The first kappa shape index (κ1) is 13.2. The van der Waals surface area contributed by atoms with Gasteiger partial charge in [-0.2, -0.15) is 0 Å². The quantitative estimate of drug-likeness (QED) is 0.669. The Morgan fingerprint density at radius 3 is 2.05 bits per heavy atom. The third-order valence-corrected chi connectivity index (χ3v) is 6.71. The van der Waals surface area contributed by atoms with Crippen LogP contribution in [0.15, 0.2) is 24.3 Å². The topological polar surface area (TPSA) is 0 Å².